The molecule has 4 saturated carbocycles. The second kappa shape index (κ2) is 3.98. The van der Waals surface area contributed by atoms with Gasteiger partial charge in [-0.2, -0.15) is 0 Å². The van der Waals surface area contributed by atoms with Crippen LogP contribution in [0.5, 0.6) is 0 Å². The van der Waals surface area contributed by atoms with E-state index in [0.717, 1.165) is 35.5 Å². The molecule has 4 rings (SSSR count). The molecule has 0 spiro atoms. The molecule has 0 aromatic rings. The molecule has 4 aliphatic rings. The van der Waals surface area contributed by atoms with Gasteiger partial charge in [0.1, 0.15) is 0 Å². The van der Waals surface area contributed by atoms with E-state index in [9.17, 15) is 0 Å². The van der Waals surface area contributed by atoms with Gasteiger partial charge in [0.15, 0.2) is 0 Å². The van der Waals surface area contributed by atoms with Crippen LogP contribution in [-0.4, -0.2) is 6.04 Å². The highest BCUT2D eigenvalue weighted by atomic mass is 14.7. The van der Waals surface area contributed by atoms with E-state index in [4.69, 9.17) is 5.73 Å². The van der Waals surface area contributed by atoms with E-state index >= 15 is 0 Å². The molecule has 4 fully saturated rings. The van der Waals surface area contributed by atoms with Crippen molar-refractivity contribution in [3.05, 3.63) is 0 Å². The maximum absolute atomic E-state index is 6.44. The Balaban J connectivity index is 1.68. The minimum absolute atomic E-state index is 0.554. The molecular formula is C16H27N. The van der Waals surface area contributed by atoms with Crippen molar-refractivity contribution in [2.75, 3.05) is 0 Å². The summed E-state index contributed by atoms with van der Waals surface area (Å²) in [7, 11) is 0. The second-order valence-electron chi connectivity index (χ2n) is 7.43. The summed E-state index contributed by atoms with van der Waals surface area (Å²) in [5, 5.41) is 0. The molecule has 7 atom stereocenters. The van der Waals surface area contributed by atoms with Gasteiger partial charge < -0.3 is 5.73 Å². The summed E-state index contributed by atoms with van der Waals surface area (Å²) in [5.74, 6) is 6.34. The van der Waals surface area contributed by atoms with Crippen LogP contribution in [0.4, 0.5) is 0 Å². The molecule has 17 heavy (non-hydrogen) atoms. The molecule has 7 unspecified atom stereocenters. The van der Waals surface area contributed by atoms with E-state index in [1.165, 1.54) is 32.1 Å². The Morgan fingerprint density at radius 3 is 1.94 bits per heavy atom. The third-order valence-corrected chi connectivity index (χ3v) is 6.92. The lowest BCUT2D eigenvalue weighted by molar-refractivity contribution is -0.0824. The van der Waals surface area contributed by atoms with Gasteiger partial charge in [0.25, 0.3) is 0 Å². The molecular weight excluding hydrogens is 206 g/mol. The quantitative estimate of drug-likeness (QED) is 0.680. The number of rotatable bonds is 0. The lowest BCUT2D eigenvalue weighted by atomic mass is 9.47. The van der Waals surface area contributed by atoms with E-state index in [1.54, 1.807) is 25.7 Å². The summed E-state index contributed by atoms with van der Waals surface area (Å²) in [6, 6.07) is 0.554. The Hall–Kier alpha value is -0.0400. The van der Waals surface area contributed by atoms with Crippen LogP contribution in [0.25, 0.3) is 0 Å². The molecule has 0 amide bonds. The summed E-state index contributed by atoms with van der Waals surface area (Å²) in [6.07, 6.45) is 13.5. The van der Waals surface area contributed by atoms with Crippen LogP contribution in [0.3, 0.4) is 0 Å². The van der Waals surface area contributed by atoms with Gasteiger partial charge in [-0.1, -0.05) is 19.3 Å². The largest absolute Gasteiger partial charge is 0.327 e. The lowest BCUT2D eigenvalue weighted by Crippen LogP contribution is -2.54. The number of nitrogens with two attached hydrogens (primary N) is 1. The SMILES string of the molecule is NC1CCC2CCC3CCCC4CCC1C2C34. The second-order valence-corrected chi connectivity index (χ2v) is 7.43. The van der Waals surface area contributed by atoms with Gasteiger partial charge in [-0.3, -0.25) is 0 Å². The Kier molecular flexibility index (Phi) is 2.54. The van der Waals surface area contributed by atoms with Gasteiger partial charge in [-0.05, 0) is 74.0 Å². The Bertz CT molecular complexity index is 294. The molecule has 1 heteroatoms. The maximum atomic E-state index is 6.44. The molecule has 0 bridgehead atoms. The fourth-order valence-electron chi connectivity index (χ4n) is 6.34. The minimum Gasteiger partial charge on any atom is -0.327 e. The van der Waals surface area contributed by atoms with Crippen LogP contribution in [0.2, 0.25) is 0 Å². The fourth-order valence-corrected chi connectivity index (χ4v) is 6.34. The standard InChI is InChI=1S/C16H27N/c17-14-9-7-12-5-4-10-2-1-3-11-6-8-13(14)16(12)15(10)11/h10-16H,1-9,17H2. The first-order chi connectivity index (χ1) is 8.34. The van der Waals surface area contributed by atoms with Gasteiger partial charge in [0.05, 0.1) is 0 Å². The molecule has 4 aliphatic carbocycles. The van der Waals surface area contributed by atoms with E-state index in [0.29, 0.717) is 6.04 Å². The minimum atomic E-state index is 0.554. The molecule has 0 aromatic carbocycles. The van der Waals surface area contributed by atoms with E-state index in [1.807, 2.05) is 0 Å². The predicted octanol–water partition coefficient (Wildman–Crippen LogP) is 3.58. The van der Waals surface area contributed by atoms with Crippen LogP contribution in [0, 0.1) is 35.5 Å². The molecule has 0 heterocycles. The zero-order valence-electron chi connectivity index (χ0n) is 11.0. The third-order valence-electron chi connectivity index (χ3n) is 6.92. The zero-order chi connectivity index (χ0) is 11.4. The Labute approximate surface area is 106 Å². The van der Waals surface area contributed by atoms with Crippen LogP contribution in [-0.2, 0) is 0 Å². The average Bonchev–Trinajstić information content (AvgIpc) is 2.38. The zero-order valence-corrected chi connectivity index (χ0v) is 11.0. The smallest absolute Gasteiger partial charge is 0.00701 e. The molecule has 96 valence electrons. The van der Waals surface area contributed by atoms with Crippen molar-refractivity contribution in [3.63, 3.8) is 0 Å². The van der Waals surface area contributed by atoms with E-state index in [-0.39, 0.29) is 0 Å². The van der Waals surface area contributed by atoms with Crippen LogP contribution in [0.1, 0.15) is 57.8 Å². The van der Waals surface area contributed by atoms with Crippen LogP contribution >= 0.6 is 0 Å². The maximum Gasteiger partial charge on any atom is 0.00701 e. The van der Waals surface area contributed by atoms with Crippen molar-refractivity contribution in [2.24, 2.45) is 41.2 Å². The van der Waals surface area contributed by atoms with Crippen LogP contribution < -0.4 is 5.73 Å². The van der Waals surface area contributed by atoms with Gasteiger partial charge in [0, 0.05) is 6.04 Å². The summed E-state index contributed by atoms with van der Waals surface area (Å²) < 4.78 is 0. The van der Waals surface area contributed by atoms with Crippen molar-refractivity contribution in [3.8, 4) is 0 Å². The number of hydrogen-bond donors (Lipinski definition) is 1. The van der Waals surface area contributed by atoms with Crippen molar-refractivity contribution in [2.45, 2.75) is 63.8 Å². The summed E-state index contributed by atoms with van der Waals surface area (Å²) >= 11 is 0. The molecule has 0 aromatic heterocycles. The third kappa shape index (κ3) is 1.54. The van der Waals surface area contributed by atoms with Crippen molar-refractivity contribution >= 4 is 0 Å². The van der Waals surface area contributed by atoms with Gasteiger partial charge in [-0.15, -0.1) is 0 Å². The summed E-state index contributed by atoms with van der Waals surface area (Å²) in [4.78, 5) is 0. The topological polar surface area (TPSA) is 26.0 Å². The summed E-state index contributed by atoms with van der Waals surface area (Å²) in [5.41, 5.74) is 6.44. The number of hydrogen-bond acceptors (Lipinski definition) is 1. The lowest BCUT2D eigenvalue weighted by Gasteiger charge is -2.58. The molecule has 0 saturated heterocycles. The highest BCUT2D eigenvalue weighted by molar-refractivity contribution is 5.03. The first-order valence-corrected chi connectivity index (χ1v) is 8.10. The first-order valence-electron chi connectivity index (χ1n) is 8.10. The average molecular weight is 233 g/mol. The predicted molar refractivity (Wildman–Crippen MR) is 70.5 cm³/mol. The van der Waals surface area contributed by atoms with Crippen molar-refractivity contribution in [1.82, 2.24) is 0 Å². The van der Waals surface area contributed by atoms with E-state index in [2.05, 4.69) is 0 Å². The van der Waals surface area contributed by atoms with Crippen molar-refractivity contribution in [1.29, 1.82) is 0 Å². The highest BCUT2D eigenvalue weighted by Crippen LogP contribution is 2.59. The Morgan fingerprint density at radius 2 is 1.18 bits per heavy atom. The normalized spacial score (nSPS) is 57.4. The highest BCUT2D eigenvalue weighted by Gasteiger charge is 2.52. The van der Waals surface area contributed by atoms with E-state index < -0.39 is 0 Å². The van der Waals surface area contributed by atoms with Crippen molar-refractivity contribution < 1.29 is 0 Å². The molecule has 0 aliphatic heterocycles. The van der Waals surface area contributed by atoms with Crippen LogP contribution in [0.15, 0.2) is 0 Å². The molecule has 2 N–H and O–H groups in total. The molecule has 1 nitrogen and oxygen atoms in total. The molecule has 0 radical (unpaired) electrons. The van der Waals surface area contributed by atoms with Gasteiger partial charge >= 0.3 is 0 Å². The van der Waals surface area contributed by atoms with Gasteiger partial charge in [0.2, 0.25) is 0 Å². The summed E-state index contributed by atoms with van der Waals surface area (Å²) in [6.45, 7) is 0. The monoisotopic (exact) mass is 233 g/mol. The van der Waals surface area contributed by atoms with Gasteiger partial charge in [-0.25, -0.2) is 0 Å². The first kappa shape index (κ1) is 10.8. The Morgan fingerprint density at radius 1 is 0.588 bits per heavy atom. The fraction of sp³-hybridized carbons (Fsp3) is 1.00.